The minimum absolute atomic E-state index is 0. The number of hydrogen-bond acceptors (Lipinski definition) is 28. The molecule has 3 saturated carbocycles. The number of aliphatic hydroxyl groups excluding tert-OH is 11. The summed E-state index contributed by atoms with van der Waals surface area (Å²) in [4.78, 5) is 28.9. The predicted molar refractivity (Wildman–Crippen MR) is 304 cm³/mol. The van der Waals surface area contributed by atoms with Gasteiger partial charge in [0.25, 0.3) is 0 Å². The van der Waals surface area contributed by atoms with Gasteiger partial charge in [-0.25, -0.2) is 4.18 Å². The molecule has 0 amide bonds. The summed E-state index contributed by atoms with van der Waals surface area (Å²) in [5.41, 5.74) is -1.74. The molecule has 6 saturated heterocycles. The average Bonchev–Trinajstić information content (AvgIpc) is 1.46. The van der Waals surface area contributed by atoms with Gasteiger partial charge in [0, 0.05) is 48.5 Å². The van der Waals surface area contributed by atoms with Crippen LogP contribution in [0.25, 0.3) is 0 Å². The molecule has 31 atom stereocenters. The van der Waals surface area contributed by atoms with Gasteiger partial charge < -0.3 is 113 Å². The van der Waals surface area contributed by atoms with Crippen LogP contribution in [0.2, 0.25) is 0 Å². The van der Waals surface area contributed by atoms with E-state index in [1.165, 1.54) is 6.92 Å². The molecule has 12 N–H and O–H groups in total. The Morgan fingerprint density at radius 1 is 0.689 bits per heavy atom. The summed E-state index contributed by atoms with van der Waals surface area (Å²) in [6.07, 6.45) is -34.4. The van der Waals surface area contributed by atoms with Crippen molar-refractivity contribution >= 4 is 51.7 Å². The van der Waals surface area contributed by atoms with E-state index >= 15 is 0 Å². The molecule has 0 aromatic heterocycles. The molecule has 0 bridgehead atoms. The van der Waals surface area contributed by atoms with Gasteiger partial charge in [-0.15, -0.1) is 6.58 Å². The number of aliphatic hydroxyl groups is 11. The predicted octanol–water partition coefficient (Wildman–Crippen LogP) is -2.30. The zero-order valence-electron chi connectivity index (χ0n) is 52.3. The number of esters is 1. The fraction of sp³-hybridized carbons (Fsp3) is 0.898. The number of carbonyl (C=O) groups excluding carboxylic acids is 2. The Kier molecular flexibility index (Phi) is 22.3. The van der Waals surface area contributed by atoms with E-state index in [4.69, 9.17) is 61.0 Å². The normalized spacial score (nSPS) is 50.1. The molecule has 9 fully saturated rings. The summed E-state index contributed by atoms with van der Waals surface area (Å²) < 4.78 is 112. The minimum atomic E-state index is -5.27. The van der Waals surface area contributed by atoms with Crippen molar-refractivity contribution in [2.75, 3.05) is 33.5 Å². The Morgan fingerprint density at radius 3 is 1.90 bits per heavy atom. The average molecular weight is 1320 g/mol. The van der Waals surface area contributed by atoms with Crippen molar-refractivity contribution in [2.24, 2.45) is 39.4 Å². The van der Waals surface area contributed by atoms with Crippen molar-refractivity contribution < 1.29 is 140 Å². The fourth-order valence-electron chi connectivity index (χ4n) is 17.2. The zero-order valence-corrected chi connectivity index (χ0v) is 55.1. The maximum Gasteiger partial charge on any atom is 0.397 e. The Morgan fingerprint density at radius 2 is 1.28 bits per heavy atom. The first-order chi connectivity index (χ1) is 41.7. The third-order valence-corrected chi connectivity index (χ3v) is 22.3. The summed E-state index contributed by atoms with van der Waals surface area (Å²) in [6.45, 7) is 14.7. The molecule has 509 valence electrons. The van der Waals surface area contributed by atoms with Crippen molar-refractivity contribution in [3.8, 4) is 0 Å². The molecule has 10 rings (SSSR count). The molecule has 0 aromatic carbocycles. The van der Waals surface area contributed by atoms with Gasteiger partial charge in [0.15, 0.2) is 31.5 Å². The number of fused-ring (bicyclic) bond motifs is 4. The zero-order chi connectivity index (χ0) is 65.0. The van der Waals surface area contributed by atoms with Gasteiger partial charge in [-0.1, -0.05) is 44.9 Å². The van der Waals surface area contributed by atoms with Crippen molar-refractivity contribution in [3.05, 3.63) is 23.8 Å². The second kappa shape index (κ2) is 27.5. The van der Waals surface area contributed by atoms with Gasteiger partial charge in [-0.05, 0) is 94.8 Å². The van der Waals surface area contributed by atoms with Gasteiger partial charge in [-0.2, -0.15) is 8.42 Å². The smallest absolute Gasteiger partial charge is 0.397 e. The number of rotatable bonds is 19. The Bertz CT molecular complexity index is 2710. The van der Waals surface area contributed by atoms with Crippen LogP contribution in [0.4, 0.5) is 0 Å². The van der Waals surface area contributed by atoms with Crippen molar-refractivity contribution in [1.82, 2.24) is 0 Å². The van der Waals surface area contributed by atoms with E-state index in [0.29, 0.717) is 38.5 Å². The maximum atomic E-state index is 14.5. The first-order valence-electron chi connectivity index (χ1n) is 30.8. The molecule has 1 spiro atoms. The molecule has 31 heteroatoms. The molecule has 90 heavy (non-hydrogen) atoms. The van der Waals surface area contributed by atoms with Crippen LogP contribution >= 0.6 is 0 Å². The van der Waals surface area contributed by atoms with Crippen LogP contribution in [-0.2, 0) is 81.0 Å². The minimum Gasteiger partial charge on any atom is -0.458 e. The third kappa shape index (κ3) is 12.8. The van der Waals surface area contributed by atoms with E-state index in [1.807, 2.05) is 27.7 Å². The first-order valence-corrected chi connectivity index (χ1v) is 32.2. The molecule has 6 aliphatic heterocycles. The van der Waals surface area contributed by atoms with Gasteiger partial charge >= 0.3 is 16.4 Å². The van der Waals surface area contributed by atoms with Gasteiger partial charge in [0.1, 0.15) is 115 Å². The number of cyclic esters (lactones) is 1. The second-order valence-electron chi connectivity index (χ2n) is 27.6. The van der Waals surface area contributed by atoms with E-state index < -0.39 is 212 Å². The maximum absolute atomic E-state index is 14.5. The SMILES string of the molecule is C=C(C)CCCC1(C)OC(=O)C23CCC4C(=CCC5C(C)(C)C(OC6OCC(OS(=O)(=O)O)C(O)C6OC6OC(C)C(OC7OC(CO)C(O)C(OC8OC(CO)C(O)C(OC)C8O)C7O)C(O)C6OC6OCC(O)C(O)C6O)CCC45C)C2(C)CC(=O)C13.[Na]. The standard InChI is InChI=1S/C59H92O29S.Na/c1-24(2)11-10-16-58(8)48-28(62)19-57(7)27-12-13-33-55(4,5)34(15-17-56(33,6)26(27)14-18-59(48,57)54(72)87-58)82-52-46(38(67)32(23-78-52)88-89(73,74)75)86-53-47(85-49-39(68)35(64)29(63)22-77-49)40(69)43(25(3)79-53)83-51-42(71)45(37(66)31(21-61)81-51)84-50-41(70)44(76-9)36(65)30(20-60)80-50;/h12,25-26,29-53,60-61,63-71H,1,10-11,13-23H2,2-9H3,(H,73,74,75);. The van der Waals surface area contributed by atoms with E-state index in [9.17, 15) is 78.7 Å². The molecule has 29 nitrogen and oxygen atoms in total. The molecule has 4 aliphatic carbocycles. The van der Waals surface area contributed by atoms with Gasteiger partial charge in [0.2, 0.25) is 0 Å². The first kappa shape index (κ1) is 72.9. The monoisotopic (exact) mass is 1320 g/mol. The Labute approximate surface area is 544 Å². The van der Waals surface area contributed by atoms with Crippen molar-refractivity contribution in [2.45, 2.75) is 259 Å². The van der Waals surface area contributed by atoms with Crippen LogP contribution in [-0.4, -0.2) is 297 Å². The van der Waals surface area contributed by atoms with Gasteiger partial charge in [-0.3, -0.25) is 14.1 Å². The number of methoxy groups -OCH3 is 1. The van der Waals surface area contributed by atoms with Crippen LogP contribution in [0, 0.1) is 39.4 Å². The van der Waals surface area contributed by atoms with Crippen molar-refractivity contribution in [3.63, 3.8) is 0 Å². The number of Topliss-reactive ketones (excluding diaryl/α,β-unsaturated/α-hetero) is 1. The fourth-order valence-corrected chi connectivity index (χ4v) is 17.7. The molecule has 10 aliphatic rings. The number of ketones is 1. The summed E-state index contributed by atoms with van der Waals surface area (Å²) >= 11 is 0. The summed E-state index contributed by atoms with van der Waals surface area (Å²) in [5, 5.41) is 122. The van der Waals surface area contributed by atoms with Crippen LogP contribution in [0.15, 0.2) is 23.8 Å². The van der Waals surface area contributed by atoms with Crippen molar-refractivity contribution in [1.29, 1.82) is 0 Å². The molecule has 0 aromatic rings. The Balaban J connectivity index is 0.00000960. The van der Waals surface area contributed by atoms with E-state index in [2.05, 4.69) is 26.5 Å². The summed E-state index contributed by atoms with van der Waals surface area (Å²) in [6, 6.07) is 0. The van der Waals surface area contributed by atoms with Crippen LogP contribution in [0.5, 0.6) is 0 Å². The molecule has 1 radical (unpaired) electrons. The molecule has 6 heterocycles. The topological polar surface area (TPSA) is 431 Å². The van der Waals surface area contributed by atoms with Gasteiger partial charge in [0.05, 0.1) is 50.0 Å². The van der Waals surface area contributed by atoms with E-state index in [0.717, 1.165) is 31.1 Å². The third-order valence-electron chi connectivity index (χ3n) is 21.8. The summed E-state index contributed by atoms with van der Waals surface area (Å²) in [5.74, 6) is -0.982. The van der Waals surface area contributed by atoms with E-state index in [1.54, 1.807) is 0 Å². The van der Waals surface area contributed by atoms with Crippen LogP contribution in [0.1, 0.15) is 106 Å². The quantitative estimate of drug-likeness (QED) is 0.0280. The largest absolute Gasteiger partial charge is 0.458 e. The van der Waals surface area contributed by atoms with E-state index in [-0.39, 0.29) is 65.0 Å². The Hall–Kier alpha value is -1.39. The van der Waals surface area contributed by atoms with Crippen LogP contribution < -0.4 is 0 Å². The number of hydrogen-bond donors (Lipinski definition) is 12. The molecule has 31 unspecified atom stereocenters. The molecular formula is C59H92NaO29S. The molecular weight excluding hydrogens is 1230 g/mol. The summed E-state index contributed by atoms with van der Waals surface area (Å²) in [7, 11) is -4.11. The number of ether oxygens (including phenoxy) is 12. The number of allylic oxidation sites excluding steroid dienone is 3. The van der Waals surface area contributed by atoms with Crippen LogP contribution in [0.3, 0.4) is 0 Å². The number of carbonyl (C=O) groups is 2. The second-order valence-corrected chi connectivity index (χ2v) is 28.7.